The van der Waals surface area contributed by atoms with Crippen LogP contribution in [-0.2, 0) is 17.5 Å². The number of benzene rings is 1. The minimum atomic E-state index is -4.43. The first-order valence-corrected chi connectivity index (χ1v) is 11.0. The number of hydrogen-bond acceptors (Lipinski definition) is 5. The monoisotopic (exact) mass is 455 g/mol. The predicted octanol–water partition coefficient (Wildman–Crippen LogP) is 5.71. The molecule has 2 amide bonds. The third-order valence-corrected chi connectivity index (χ3v) is 5.92. The van der Waals surface area contributed by atoms with E-state index >= 15 is 0 Å². The van der Waals surface area contributed by atoms with Gasteiger partial charge in [0.15, 0.2) is 5.69 Å². The van der Waals surface area contributed by atoms with Crippen molar-refractivity contribution in [2.24, 2.45) is 0 Å². The second-order valence-electron chi connectivity index (χ2n) is 7.27. The van der Waals surface area contributed by atoms with Crippen molar-refractivity contribution in [1.82, 2.24) is 9.88 Å². The molecule has 0 radical (unpaired) electrons. The molecule has 0 atom stereocenters. The number of amides is 2. The van der Waals surface area contributed by atoms with Gasteiger partial charge in [-0.1, -0.05) is 19.3 Å². The van der Waals surface area contributed by atoms with Gasteiger partial charge >= 0.3 is 18.2 Å². The number of carbonyl (C=O) groups excluding carboxylic acids is 2. The molecule has 168 valence electrons. The summed E-state index contributed by atoms with van der Waals surface area (Å²) in [4.78, 5) is 30.8. The second-order valence-corrected chi connectivity index (χ2v) is 8.21. The summed E-state index contributed by atoms with van der Waals surface area (Å²) in [6.07, 6.45) is 0.363. The van der Waals surface area contributed by atoms with Crippen molar-refractivity contribution < 1.29 is 27.5 Å². The Morgan fingerprint density at radius 3 is 2.48 bits per heavy atom. The van der Waals surface area contributed by atoms with Gasteiger partial charge in [-0.05, 0) is 44.0 Å². The molecule has 31 heavy (non-hydrogen) atoms. The highest BCUT2D eigenvalue weighted by Gasteiger charge is 2.30. The molecule has 1 fully saturated rings. The normalized spacial score (nSPS) is 14.8. The zero-order valence-corrected chi connectivity index (χ0v) is 17.9. The van der Waals surface area contributed by atoms with Gasteiger partial charge in [-0.25, -0.2) is 14.6 Å². The molecule has 10 heteroatoms. The van der Waals surface area contributed by atoms with Crippen LogP contribution in [0.4, 0.5) is 23.7 Å². The number of hydrogen-bond donors (Lipinski definition) is 1. The topological polar surface area (TPSA) is 71.5 Å². The van der Waals surface area contributed by atoms with Crippen LogP contribution in [0.15, 0.2) is 29.6 Å². The molecule has 2 aromatic rings. The first-order chi connectivity index (χ1) is 14.8. The Labute approximate surface area is 182 Å². The maximum Gasteiger partial charge on any atom is 0.416 e. The third kappa shape index (κ3) is 6.19. The van der Waals surface area contributed by atoms with Crippen molar-refractivity contribution in [3.63, 3.8) is 0 Å². The maximum absolute atomic E-state index is 13.0. The Kier molecular flexibility index (Phi) is 7.53. The summed E-state index contributed by atoms with van der Waals surface area (Å²) in [5.41, 5.74) is -0.289. The summed E-state index contributed by atoms with van der Waals surface area (Å²) >= 11 is 1.27. The van der Waals surface area contributed by atoms with Crippen LogP contribution < -0.4 is 5.32 Å². The number of anilines is 1. The van der Waals surface area contributed by atoms with E-state index < -0.39 is 23.7 Å². The van der Waals surface area contributed by atoms with E-state index in [9.17, 15) is 22.8 Å². The van der Waals surface area contributed by atoms with Crippen molar-refractivity contribution in [3.8, 4) is 0 Å². The molecule has 1 N–H and O–H groups in total. The molecule has 1 aliphatic carbocycles. The number of ether oxygens (including phenoxy) is 1. The number of nitrogens with zero attached hydrogens (tertiary/aromatic N) is 2. The van der Waals surface area contributed by atoms with Gasteiger partial charge in [-0.15, -0.1) is 11.3 Å². The van der Waals surface area contributed by atoms with Crippen molar-refractivity contribution in [1.29, 1.82) is 0 Å². The highest BCUT2D eigenvalue weighted by Crippen LogP contribution is 2.30. The minimum Gasteiger partial charge on any atom is -0.461 e. The van der Waals surface area contributed by atoms with Crippen LogP contribution in [0.3, 0.4) is 0 Å². The Hall–Kier alpha value is -2.62. The zero-order chi connectivity index (χ0) is 22.4. The smallest absolute Gasteiger partial charge is 0.416 e. The molecule has 1 aliphatic rings. The highest BCUT2D eigenvalue weighted by atomic mass is 32.1. The van der Waals surface area contributed by atoms with Gasteiger partial charge in [0.25, 0.3) is 0 Å². The lowest BCUT2D eigenvalue weighted by atomic mass is 9.94. The van der Waals surface area contributed by atoms with E-state index in [1.165, 1.54) is 23.5 Å². The Morgan fingerprint density at radius 1 is 1.19 bits per heavy atom. The van der Waals surface area contributed by atoms with Crippen molar-refractivity contribution in [3.05, 3.63) is 45.9 Å². The lowest BCUT2D eigenvalue weighted by Gasteiger charge is -2.34. The number of nitrogens with one attached hydrogen (secondary N) is 1. The Bertz CT molecular complexity index is 893. The summed E-state index contributed by atoms with van der Waals surface area (Å²) in [5, 5.41) is 4.88. The van der Waals surface area contributed by atoms with E-state index in [0.29, 0.717) is 5.01 Å². The lowest BCUT2D eigenvalue weighted by molar-refractivity contribution is -0.137. The van der Waals surface area contributed by atoms with Gasteiger partial charge in [0.2, 0.25) is 0 Å². The molecule has 0 aliphatic heterocycles. The van der Waals surface area contributed by atoms with Crippen LogP contribution in [0.1, 0.15) is 60.1 Å². The van der Waals surface area contributed by atoms with Gasteiger partial charge in [-0.2, -0.15) is 13.2 Å². The predicted molar refractivity (Wildman–Crippen MR) is 111 cm³/mol. The molecule has 0 saturated heterocycles. The molecule has 3 rings (SSSR count). The SMILES string of the molecule is CCOC(=O)c1csc(CN(C(=O)Nc2ccc(C(F)(F)F)cc2)C2CCCCC2)n1. The van der Waals surface area contributed by atoms with Crippen LogP contribution in [0.2, 0.25) is 0 Å². The minimum absolute atomic E-state index is 0.00172. The van der Waals surface area contributed by atoms with Gasteiger partial charge < -0.3 is 15.0 Å². The van der Waals surface area contributed by atoms with Crippen LogP contribution in [0.25, 0.3) is 0 Å². The average Bonchev–Trinajstić information content (AvgIpc) is 3.21. The number of urea groups is 1. The lowest BCUT2D eigenvalue weighted by Crippen LogP contribution is -2.43. The first-order valence-electron chi connectivity index (χ1n) is 10.1. The van der Waals surface area contributed by atoms with Crippen LogP contribution in [0, 0.1) is 0 Å². The van der Waals surface area contributed by atoms with Crippen LogP contribution in [0.5, 0.6) is 0 Å². The molecule has 1 heterocycles. The zero-order valence-electron chi connectivity index (χ0n) is 17.1. The van der Waals surface area contributed by atoms with Crippen LogP contribution in [-0.4, -0.2) is 34.5 Å². The van der Waals surface area contributed by atoms with Gasteiger partial charge in [0.05, 0.1) is 18.7 Å². The average molecular weight is 456 g/mol. The van der Waals surface area contributed by atoms with E-state index in [4.69, 9.17) is 4.74 Å². The molecule has 1 saturated carbocycles. The summed E-state index contributed by atoms with van der Waals surface area (Å²) in [6.45, 7) is 2.16. The Morgan fingerprint density at radius 2 is 1.87 bits per heavy atom. The fourth-order valence-electron chi connectivity index (χ4n) is 3.53. The van der Waals surface area contributed by atoms with Crippen LogP contribution >= 0.6 is 11.3 Å². The molecule has 6 nitrogen and oxygen atoms in total. The van der Waals surface area contributed by atoms with E-state index in [1.807, 2.05) is 0 Å². The number of alkyl halides is 3. The van der Waals surface area contributed by atoms with E-state index in [1.54, 1.807) is 17.2 Å². The summed E-state index contributed by atoms with van der Waals surface area (Å²) < 4.78 is 43.3. The molecular formula is C21H24F3N3O3S. The third-order valence-electron chi connectivity index (χ3n) is 5.08. The number of carbonyl (C=O) groups is 2. The van der Waals surface area contributed by atoms with E-state index in [-0.39, 0.29) is 30.6 Å². The summed E-state index contributed by atoms with van der Waals surface area (Å²) in [5.74, 6) is -0.511. The van der Waals surface area contributed by atoms with E-state index in [0.717, 1.165) is 44.2 Å². The number of halogens is 3. The van der Waals surface area contributed by atoms with Gasteiger partial charge in [0, 0.05) is 17.1 Å². The first kappa shape index (κ1) is 23.1. The highest BCUT2D eigenvalue weighted by molar-refractivity contribution is 7.09. The summed E-state index contributed by atoms with van der Waals surface area (Å²) in [7, 11) is 0. The van der Waals surface area contributed by atoms with Crippen molar-refractivity contribution in [2.45, 2.75) is 57.8 Å². The fourth-order valence-corrected chi connectivity index (χ4v) is 4.29. The molecule has 0 unspecified atom stereocenters. The van der Waals surface area contributed by atoms with Crippen molar-refractivity contribution >= 4 is 29.0 Å². The largest absolute Gasteiger partial charge is 0.461 e. The number of esters is 1. The number of aromatic nitrogens is 1. The molecular weight excluding hydrogens is 431 g/mol. The van der Waals surface area contributed by atoms with Gasteiger partial charge in [0.1, 0.15) is 5.01 Å². The van der Waals surface area contributed by atoms with Crippen molar-refractivity contribution in [2.75, 3.05) is 11.9 Å². The number of thiazole rings is 1. The second kappa shape index (κ2) is 10.1. The molecule has 1 aromatic heterocycles. The number of rotatable bonds is 6. The maximum atomic E-state index is 13.0. The molecule has 0 bridgehead atoms. The van der Waals surface area contributed by atoms with Gasteiger partial charge in [-0.3, -0.25) is 0 Å². The molecule has 0 spiro atoms. The standard InChI is InChI=1S/C21H24F3N3O3S/c1-2-30-19(28)17-13-31-18(26-17)12-27(16-6-4-3-5-7-16)20(29)25-15-10-8-14(9-11-15)21(22,23)24/h8-11,13,16H,2-7,12H2,1H3,(H,25,29). The Balaban J connectivity index is 1.74. The summed E-state index contributed by atoms with van der Waals surface area (Å²) in [6, 6.07) is 3.95. The van der Waals surface area contributed by atoms with E-state index in [2.05, 4.69) is 10.3 Å². The fraction of sp³-hybridized carbons (Fsp3) is 0.476. The molecule has 1 aromatic carbocycles. The quantitative estimate of drug-likeness (QED) is 0.567.